The highest BCUT2D eigenvalue weighted by Crippen LogP contribution is 2.25. The fourth-order valence-corrected chi connectivity index (χ4v) is 3.66. The molecule has 0 atom stereocenters. The molecule has 0 aliphatic carbocycles. The number of hydrogen-bond donors (Lipinski definition) is 3. The molecule has 0 fully saturated rings. The average Bonchev–Trinajstić information content (AvgIpc) is 2.83. The van der Waals surface area contributed by atoms with Gasteiger partial charge in [-0.3, -0.25) is 10.2 Å². The van der Waals surface area contributed by atoms with Crippen LogP contribution in [0.5, 0.6) is 11.5 Å². The van der Waals surface area contributed by atoms with E-state index in [0.717, 1.165) is 5.56 Å². The van der Waals surface area contributed by atoms with Gasteiger partial charge in [-0.2, -0.15) is 4.73 Å². The number of carbonyl (C=O) groups excluding carboxylic acids is 1. The molecule has 7 nitrogen and oxygen atoms in total. The van der Waals surface area contributed by atoms with Crippen LogP contribution in [-0.2, 0) is 4.79 Å². The first-order valence-corrected chi connectivity index (χ1v) is 11.5. The second-order valence-corrected chi connectivity index (χ2v) is 8.44. The van der Waals surface area contributed by atoms with Crippen LogP contribution >= 0.6 is 23.2 Å². The maximum absolute atomic E-state index is 12.4. The van der Waals surface area contributed by atoms with Crippen molar-refractivity contribution in [2.45, 2.75) is 0 Å². The Hall–Kier alpha value is -4.33. The Morgan fingerprint density at radius 1 is 0.917 bits per heavy atom. The van der Waals surface area contributed by atoms with Gasteiger partial charge < -0.3 is 20.6 Å². The zero-order valence-corrected chi connectivity index (χ0v) is 20.3. The molecule has 0 unspecified atom stereocenters. The van der Waals surface area contributed by atoms with Crippen molar-refractivity contribution in [3.63, 3.8) is 0 Å². The number of ether oxygens (including phenoxy) is 1. The zero-order chi connectivity index (χ0) is 25.5. The zero-order valence-electron chi connectivity index (χ0n) is 18.7. The molecule has 4 rings (SSSR count). The van der Waals surface area contributed by atoms with E-state index in [1.54, 1.807) is 72.8 Å². The Labute approximate surface area is 217 Å². The van der Waals surface area contributed by atoms with Gasteiger partial charge in [0.2, 0.25) is 12.1 Å². The third-order valence-corrected chi connectivity index (χ3v) is 5.44. The molecule has 1 aromatic heterocycles. The van der Waals surface area contributed by atoms with Crippen molar-refractivity contribution in [1.82, 2.24) is 0 Å². The van der Waals surface area contributed by atoms with Crippen molar-refractivity contribution >= 4 is 52.4 Å². The predicted octanol–water partition coefficient (Wildman–Crippen LogP) is 6.51. The molecule has 1 heterocycles. The van der Waals surface area contributed by atoms with E-state index in [1.165, 1.54) is 18.5 Å². The van der Waals surface area contributed by atoms with E-state index in [1.807, 2.05) is 12.1 Å². The Morgan fingerprint density at radius 3 is 2.36 bits per heavy atom. The van der Waals surface area contributed by atoms with Crippen molar-refractivity contribution in [3.8, 4) is 11.5 Å². The van der Waals surface area contributed by atoms with Gasteiger partial charge in [0.25, 0.3) is 0 Å². The van der Waals surface area contributed by atoms with Crippen LogP contribution < -0.4 is 20.1 Å². The van der Waals surface area contributed by atoms with E-state index in [-0.39, 0.29) is 11.7 Å². The SMILES string of the molecule is N=C(Nc1cc(Cl)cc(NC(=O)/C=C/c2ccccc2Cl)c1)c1ccc(Oc2ccc[n+]([O-])c2)cc1. The molecule has 3 aromatic carbocycles. The minimum absolute atomic E-state index is 0.122. The number of anilines is 2. The fourth-order valence-electron chi connectivity index (χ4n) is 3.23. The van der Waals surface area contributed by atoms with Gasteiger partial charge in [0.1, 0.15) is 11.6 Å². The molecule has 0 spiro atoms. The standard InChI is InChI=1S/C27H20Cl2N4O3/c28-20-14-21(31-26(34)12-9-18-4-1-2-6-25(18)29)16-22(15-20)32-27(30)19-7-10-23(11-8-19)36-24-5-3-13-33(35)17-24/h1-17H,(H2,30,32)(H,31,34)/b12-9+. The second-order valence-electron chi connectivity index (χ2n) is 7.60. The molecule has 1 amide bonds. The van der Waals surface area contributed by atoms with E-state index >= 15 is 0 Å². The normalized spacial score (nSPS) is 10.7. The lowest BCUT2D eigenvalue weighted by Gasteiger charge is -2.12. The highest BCUT2D eigenvalue weighted by molar-refractivity contribution is 6.32. The molecular weight excluding hydrogens is 499 g/mol. The maximum Gasteiger partial charge on any atom is 0.248 e. The molecule has 0 saturated carbocycles. The average molecular weight is 519 g/mol. The first-order chi connectivity index (χ1) is 17.4. The molecule has 3 N–H and O–H groups in total. The number of halogens is 2. The first-order valence-electron chi connectivity index (χ1n) is 10.7. The minimum Gasteiger partial charge on any atom is -0.619 e. The third-order valence-electron chi connectivity index (χ3n) is 4.88. The molecule has 0 saturated heterocycles. The molecule has 9 heteroatoms. The highest BCUT2D eigenvalue weighted by Gasteiger charge is 2.08. The van der Waals surface area contributed by atoms with E-state index in [9.17, 15) is 10.0 Å². The summed E-state index contributed by atoms with van der Waals surface area (Å²) in [5.41, 5.74) is 2.32. The number of pyridine rings is 1. The summed E-state index contributed by atoms with van der Waals surface area (Å²) in [5, 5.41) is 26.4. The van der Waals surface area contributed by atoms with Crippen LogP contribution in [0.2, 0.25) is 10.0 Å². The molecule has 0 radical (unpaired) electrons. The summed E-state index contributed by atoms with van der Waals surface area (Å²) in [4.78, 5) is 12.4. The number of aromatic nitrogens is 1. The molecule has 180 valence electrons. The second kappa shape index (κ2) is 11.4. The van der Waals surface area contributed by atoms with Crippen LogP contribution in [0.4, 0.5) is 11.4 Å². The van der Waals surface area contributed by atoms with Crippen LogP contribution in [-0.4, -0.2) is 11.7 Å². The summed E-state index contributed by atoms with van der Waals surface area (Å²) in [6.07, 6.45) is 5.69. The molecule has 36 heavy (non-hydrogen) atoms. The lowest BCUT2D eigenvalue weighted by Crippen LogP contribution is -2.23. The van der Waals surface area contributed by atoms with Crippen LogP contribution in [0, 0.1) is 10.6 Å². The number of carbonyl (C=O) groups is 1. The molecule has 0 aliphatic heterocycles. The van der Waals surface area contributed by atoms with Crippen molar-refractivity contribution in [3.05, 3.63) is 124 Å². The van der Waals surface area contributed by atoms with Crippen LogP contribution in [0.1, 0.15) is 11.1 Å². The van der Waals surface area contributed by atoms with E-state index in [4.69, 9.17) is 33.3 Å². The van der Waals surface area contributed by atoms with Gasteiger partial charge >= 0.3 is 0 Å². The predicted molar refractivity (Wildman–Crippen MR) is 143 cm³/mol. The molecule has 0 aliphatic rings. The first kappa shape index (κ1) is 24.8. The number of benzene rings is 3. The monoisotopic (exact) mass is 518 g/mol. The number of nitrogens with one attached hydrogen (secondary N) is 3. The number of rotatable bonds is 7. The van der Waals surface area contributed by atoms with Gasteiger partial charge in [0, 0.05) is 39.1 Å². The molecule has 0 bridgehead atoms. The minimum atomic E-state index is -0.352. The van der Waals surface area contributed by atoms with E-state index in [0.29, 0.717) is 43.2 Å². The van der Waals surface area contributed by atoms with Gasteiger partial charge in [-0.1, -0.05) is 41.4 Å². The third kappa shape index (κ3) is 6.85. The van der Waals surface area contributed by atoms with Gasteiger partial charge in [-0.05, 0) is 66.2 Å². The van der Waals surface area contributed by atoms with Crippen LogP contribution in [0.25, 0.3) is 6.08 Å². The van der Waals surface area contributed by atoms with E-state index < -0.39 is 0 Å². The summed E-state index contributed by atoms with van der Waals surface area (Å²) in [6, 6.07) is 22.2. The van der Waals surface area contributed by atoms with Crippen molar-refractivity contribution < 1.29 is 14.3 Å². The highest BCUT2D eigenvalue weighted by atomic mass is 35.5. The molecular formula is C27H20Cl2N4O3. The fraction of sp³-hybridized carbons (Fsp3) is 0. The maximum atomic E-state index is 12.4. The molecule has 4 aromatic rings. The quantitative estimate of drug-likeness (QED) is 0.0852. The number of amidine groups is 1. The summed E-state index contributed by atoms with van der Waals surface area (Å²) >= 11 is 12.3. The van der Waals surface area contributed by atoms with Gasteiger partial charge in [-0.25, -0.2) is 0 Å². The number of hydrogen-bond acceptors (Lipinski definition) is 4. The van der Waals surface area contributed by atoms with Crippen molar-refractivity contribution in [1.29, 1.82) is 5.41 Å². The Bertz CT molecular complexity index is 1440. The summed E-state index contributed by atoms with van der Waals surface area (Å²) in [7, 11) is 0. The largest absolute Gasteiger partial charge is 0.619 e. The number of amides is 1. The summed E-state index contributed by atoms with van der Waals surface area (Å²) in [5.74, 6) is 0.700. The van der Waals surface area contributed by atoms with Crippen molar-refractivity contribution in [2.24, 2.45) is 0 Å². The Morgan fingerprint density at radius 2 is 1.64 bits per heavy atom. The lowest BCUT2D eigenvalue weighted by molar-refractivity contribution is -0.605. The van der Waals surface area contributed by atoms with Crippen LogP contribution in [0.15, 0.2) is 97.3 Å². The summed E-state index contributed by atoms with van der Waals surface area (Å²) in [6.45, 7) is 0. The van der Waals surface area contributed by atoms with E-state index in [2.05, 4.69) is 10.6 Å². The Balaban J connectivity index is 1.39. The number of nitrogens with zero attached hydrogens (tertiary/aromatic N) is 1. The van der Waals surface area contributed by atoms with Gasteiger partial charge in [0.15, 0.2) is 11.9 Å². The van der Waals surface area contributed by atoms with Crippen LogP contribution in [0.3, 0.4) is 0 Å². The Kier molecular flexibility index (Phi) is 7.85. The van der Waals surface area contributed by atoms with Gasteiger partial charge in [0.05, 0.1) is 0 Å². The van der Waals surface area contributed by atoms with Gasteiger partial charge in [-0.15, -0.1) is 0 Å². The van der Waals surface area contributed by atoms with Crippen molar-refractivity contribution in [2.75, 3.05) is 10.6 Å². The lowest BCUT2D eigenvalue weighted by atomic mass is 10.2. The smallest absolute Gasteiger partial charge is 0.248 e. The summed E-state index contributed by atoms with van der Waals surface area (Å²) < 4.78 is 6.31. The topological polar surface area (TPSA) is 101 Å².